The molecule has 1 fully saturated rings. The van der Waals surface area contributed by atoms with Gasteiger partial charge < -0.3 is 9.64 Å². The number of rotatable bonds is 7. The second-order valence-corrected chi connectivity index (χ2v) is 12.2. The van der Waals surface area contributed by atoms with Crippen LogP contribution in [0.4, 0.5) is 0 Å². The van der Waals surface area contributed by atoms with Crippen LogP contribution >= 0.6 is 0 Å². The number of carbonyl (C=O) groups is 1. The highest BCUT2D eigenvalue weighted by Crippen LogP contribution is 2.36. The molecule has 0 spiro atoms. The molecule has 5 rings (SSSR count). The van der Waals surface area contributed by atoms with Gasteiger partial charge in [0.1, 0.15) is 5.69 Å². The molecule has 1 saturated heterocycles. The van der Waals surface area contributed by atoms with Crippen LogP contribution < -0.4 is 0 Å². The summed E-state index contributed by atoms with van der Waals surface area (Å²) in [6, 6.07) is 4.56. The average Bonchev–Trinajstić information content (AvgIpc) is 3.48. The summed E-state index contributed by atoms with van der Waals surface area (Å²) >= 11 is 0. The Kier molecular flexibility index (Phi) is 7.58. The van der Waals surface area contributed by atoms with Crippen molar-refractivity contribution in [2.45, 2.75) is 79.6 Å². The van der Waals surface area contributed by atoms with Crippen LogP contribution in [0.25, 0.3) is 0 Å². The van der Waals surface area contributed by atoms with Crippen molar-refractivity contribution in [1.82, 2.24) is 14.7 Å². The van der Waals surface area contributed by atoms with E-state index in [9.17, 15) is 4.79 Å². The molecule has 0 N–H and O–H groups in total. The summed E-state index contributed by atoms with van der Waals surface area (Å²) in [7, 11) is 2.06. The Morgan fingerprint density at radius 2 is 1.79 bits per heavy atom. The second kappa shape index (κ2) is 10.8. The first-order valence-electron chi connectivity index (χ1n) is 14.3. The van der Waals surface area contributed by atoms with Gasteiger partial charge in [-0.05, 0) is 112 Å². The Labute approximate surface area is 227 Å². The normalized spacial score (nSPS) is 19.7. The zero-order chi connectivity index (χ0) is 27.0. The summed E-state index contributed by atoms with van der Waals surface area (Å²) in [5.74, 6) is 0.0416. The van der Waals surface area contributed by atoms with Gasteiger partial charge in [0.2, 0.25) is 0 Å². The third-order valence-corrected chi connectivity index (χ3v) is 8.79. The Hall–Kier alpha value is -2.80. The number of aromatic nitrogens is 2. The lowest BCUT2D eigenvalue weighted by Crippen LogP contribution is -2.38. The third kappa shape index (κ3) is 5.49. The fourth-order valence-electron chi connectivity index (χ4n) is 6.44. The Balaban J connectivity index is 1.21. The van der Waals surface area contributed by atoms with E-state index in [-0.39, 0.29) is 11.9 Å². The first-order chi connectivity index (χ1) is 18.1. The van der Waals surface area contributed by atoms with Crippen molar-refractivity contribution >= 4 is 17.4 Å². The molecule has 7 nitrogen and oxygen atoms in total. The third-order valence-electron chi connectivity index (χ3n) is 8.79. The molecule has 1 aromatic carbocycles. The number of aryl methyl sites for hydroxylation is 3. The van der Waals surface area contributed by atoms with Gasteiger partial charge in [0.15, 0.2) is 0 Å². The summed E-state index contributed by atoms with van der Waals surface area (Å²) < 4.78 is 7.28. The number of benzene rings is 1. The van der Waals surface area contributed by atoms with E-state index in [1.807, 2.05) is 6.92 Å². The lowest BCUT2D eigenvalue weighted by atomic mass is 9.76. The highest BCUT2D eigenvalue weighted by molar-refractivity contribution is 6.20. The highest BCUT2D eigenvalue weighted by Gasteiger charge is 2.32. The molecule has 0 amide bonds. The van der Waals surface area contributed by atoms with Gasteiger partial charge in [0.05, 0.1) is 23.9 Å². The van der Waals surface area contributed by atoms with Gasteiger partial charge in [-0.1, -0.05) is 13.8 Å². The molecule has 7 heteroatoms. The summed E-state index contributed by atoms with van der Waals surface area (Å²) in [5, 5.41) is 14.1. The average molecular weight is 518 g/mol. The van der Waals surface area contributed by atoms with E-state index in [1.165, 1.54) is 39.9 Å². The first kappa shape index (κ1) is 26.8. The molecule has 0 atom stereocenters. The lowest BCUT2D eigenvalue weighted by molar-refractivity contribution is -0.149. The molecule has 2 aromatic rings. The SMILES string of the molecule is CCOC(=O)C1CCN(CCc2c(C)cc(C3=NN=C(c4nn(C)c5c4CCC(C)(C)C5)C3)cc2C)CC1. The minimum Gasteiger partial charge on any atom is -0.466 e. The number of likely N-dealkylation sites (tertiary alicyclic amines) is 1. The van der Waals surface area contributed by atoms with E-state index in [4.69, 9.17) is 9.84 Å². The molecule has 204 valence electrons. The molecule has 0 radical (unpaired) electrons. The molecule has 3 heterocycles. The van der Waals surface area contributed by atoms with E-state index >= 15 is 0 Å². The van der Waals surface area contributed by atoms with Crippen LogP contribution in [0, 0.1) is 25.2 Å². The zero-order valence-corrected chi connectivity index (χ0v) is 24.1. The number of esters is 1. The van der Waals surface area contributed by atoms with Crippen molar-refractivity contribution < 1.29 is 9.53 Å². The van der Waals surface area contributed by atoms with Gasteiger partial charge in [-0.25, -0.2) is 0 Å². The van der Waals surface area contributed by atoms with Crippen LogP contribution in [-0.4, -0.2) is 58.3 Å². The number of carbonyl (C=O) groups excluding carboxylic acids is 1. The Morgan fingerprint density at radius 3 is 2.47 bits per heavy atom. The van der Waals surface area contributed by atoms with Crippen molar-refractivity contribution in [3.8, 4) is 0 Å². The van der Waals surface area contributed by atoms with Gasteiger partial charge in [0, 0.05) is 31.3 Å². The van der Waals surface area contributed by atoms with Gasteiger partial charge in [0.25, 0.3) is 0 Å². The van der Waals surface area contributed by atoms with Gasteiger partial charge in [-0.3, -0.25) is 9.48 Å². The van der Waals surface area contributed by atoms with Crippen molar-refractivity contribution in [3.05, 3.63) is 51.3 Å². The number of hydrogen-bond acceptors (Lipinski definition) is 6. The molecule has 2 aliphatic heterocycles. The van der Waals surface area contributed by atoms with Crippen molar-refractivity contribution in [2.75, 3.05) is 26.2 Å². The minimum atomic E-state index is -0.0248. The summed E-state index contributed by atoms with van der Waals surface area (Å²) in [6.07, 6.45) is 6.86. The monoisotopic (exact) mass is 517 g/mol. The van der Waals surface area contributed by atoms with Crippen LogP contribution in [0.5, 0.6) is 0 Å². The van der Waals surface area contributed by atoms with E-state index in [2.05, 4.69) is 66.7 Å². The topological polar surface area (TPSA) is 72.1 Å². The van der Waals surface area contributed by atoms with E-state index in [0.29, 0.717) is 12.0 Å². The zero-order valence-electron chi connectivity index (χ0n) is 24.1. The molecule has 1 aromatic heterocycles. The first-order valence-corrected chi connectivity index (χ1v) is 14.3. The molecule has 1 aliphatic carbocycles. The van der Waals surface area contributed by atoms with Crippen LogP contribution in [0.3, 0.4) is 0 Å². The molecular weight excluding hydrogens is 474 g/mol. The molecule has 0 bridgehead atoms. The predicted molar refractivity (Wildman–Crippen MR) is 152 cm³/mol. The number of hydrogen-bond donors (Lipinski definition) is 0. The molecule has 3 aliphatic rings. The van der Waals surface area contributed by atoms with Crippen molar-refractivity contribution in [1.29, 1.82) is 0 Å². The summed E-state index contributed by atoms with van der Waals surface area (Å²) in [5.41, 5.74) is 11.4. The number of ether oxygens (including phenoxy) is 1. The van der Waals surface area contributed by atoms with Crippen LogP contribution in [0.15, 0.2) is 22.3 Å². The van der Waals surface area contributed by atoms with Crippen LogP contribution in [0.1, 0.15) is 85.7 Å². The largest absolute Gasteiger partial charge is 0.466 e. The van der Waals surface area contributed by atoms with E-state index in [0.717, 1.165) is 75.3 Å². The number of nitrogens with zero attached hydrogens (tertiary/aromatic N) is 5. The molecular formula is C31H43N5O2. The van der Waals surface area contributed by atoms with Crippen molar-refractivity contribution in [2.24, 2.45) is 28.6 Å². The van der Waals surface area contributed by atoms with Crippen molar-refractivity contribution in [3.63, 3.8) is 0 Å². The maximum Gasteiger partial charge on any atom is 0.309 e. The van der Waals surface area contributed by atoms with Gasteiger partial charge >= 0.3 is 5.97 Å². The van der Waals surface area contributed by atoms with Gasteiger partial charge in [-0.15, -0.1) is 0 Å². The van der Waals surface area contributed by atoms with E-state index < -0.39 is 0 Å². The lowest BCUT2D eigenvalue weighted by Gasteiger charge is -2.31. The maximum atomic E-state index is 12.0. The Morgan fingerprint density at radius 1 is 1.11 bits per heavy atom. The van der Waals surface area contributed by atoms with E-state index in [1.54, 1.807) is 0 Å². The maximum absolute atomic E-state index is 12.0. The highest BCUT2D eigenvalue weighted by atomic mass is 16.5. The van der Waals surface area contributed by atoms with Gasteiger partial charge in [-0.2, -0.15) is 15.3 Å². The second-order valence-electron chi connectivity index (χ2n) is 12.2. The molecule has 38 heavy (non-hydrogen) atoms. The summed E-state index contributed by atoms with van der Waals surface area (Å²) in [6.45, 7) is 14.4. The molecule has 0 unspecified atom stereocenters. The summed E-state index contributed by atoms with van der Waals surface area (Å²) in [4.78, 5) is 14.5. The fraction of sp³-hybridized carbons (Fsp3) is 0.613. The minimum absolute atomic E-state index is 0.0248. The standard InChI is InChI=1S/C31H43N5O2/c1-7-38-30(37)22-9-13-36(14-10-22)15-11-24-20(2)16-23(17-21(24)3)26-18-27(33-32-26)29-25-8-12-31(4,5)19-28(25)35(6)34-29/h16-17,22H,7-15,18-19H2,1-6H3. The smallest absolute Gasteiger partial charge is 0.309 e. The number of piperidine rings is 1. The van der Waals surface area contributed by atoms with Crippen LogP contribution in [-0.2, 0) is 35.8 Å². The molecule has 0 saturated carbocycles. The van der Waals surface area contributed by atoms with Crippen LogP contribution in [0.2, 0.25) is 0 Å². The number of fused-ring (bicyclic) bond motifs is 1. The quantitative estimate of drug-likeness (QED) is 0.487. The Bertz CT molecular complexity index is 1250. The fourth-order valence-corrected chi connectivity index (χ4v) is 6.44. The predicted octanol–water partition coefficient (Wildman–Crippen LogP) is 4.97.